The Morgan fingerprint density at radius 1 is 0.867 bits per heavy atom. The van der Waals surface area contributed by atoms with Crippen LogP contribution in [0.15, 0.2) is 0 Å². The Kier molecular flexibility index (Phi) is 3.62. The fraction of sp³-hybridized carbons (Fsp3) is 0.143. The van der Waals surface area contributed by atoms with Gasteiger partial charge < -0.3 is 4.74 Å². The van der Waals surface area contributed by atoms with Crippen molar-refractivity contribution in [2.45, 2.75) is 6.61 Å². The Morgan fingerprint density at radius 2 is 1.33 bits per heavy atom. The van der Waals surface area contributed by atoms with Gasteiger partial charge in [0.15, 0.2) is 11.6 Å². The summed E-state index contributed by atoms with van der Waals surface area (Å²) in [5.41, 5.74) is 0. The summed E-state index contributed by atoms with van der Waals surface area (Å²) >= 11 is 10.2. The summed E-state index contributed by atoms with van der Waals surface area (Å²) in [6.45, 7) is -3.51. The monoisotopic (exact) mass is 266 g/mol. The Labute approximate surface area is 90.3 Å². The van der Waals surface area contributed by atoms with E-state index >= 15 is 0 Å². The lowest BCUT2D eigenvalue weighted by molar-refractivity contribution is -0.0549. The summed E-state index contributed by atoms with van der Waals surface area (Å²) in [6.07, 6.45) is 0. The van der Waals surface area contributed by atoms with Crippen LogP contribution < -0.4 is 4.74 Å². The molecule has 0 N–H and O–H groups in total. The van der Waals surface area contributed by atoms with E-state index in [0.29, 0.717) is 0 Å². The van der Waals surface area contributed by atoms with E-state index in [1.54, 1.807) is 0 Å². The molecule has 0 fully saturated rings. The van der Waals surface area contributed by atoms with Gasteiger partial charge in [0, 0.05) is 0 Å². The van der Waals surface area contributed by atoms with Crippen LogP contribution in [0.5, 0.6) is 5.75 Å². The van der Waals surface area contributed by atoms with Crippen LogP contribution in [0.3, 0.4) is 0 Å². The first-order valence-corrected chi connectivity index (χ1v) is 4.08. The normalized spacial score (nSPS) is 10.9. The van der Waals surface area contributed by atoms with Gasteiger partial charge in [0.1, 0.15) is 10.0 Å². The standard InChI is InChI=1S/C7HCl2F5O/c8-1-2(9)4(11)6(15-7(13)14)5(12)3(1)10/h7H. The Balaban J connectivity index is 3.39. The molecular formula is C7HCl2F5O. The van der Waals surface area contributed by atoms with Crippen molar-refractivity contribution in [3.05, 3.63) is 27.5 Å². The molecule has 15 heavy (non-hydrogen) atoms. The number of hydrogen-bond acceptors (Lipinski definition) is 1. The third-order valence-electron chi connectivity index (χ3n) is 1.38. The SMILES string of the molecule is Fc1c(F)c(OC(F)F)c(F)c(Cl)c1Cl. The number of alkyl halides is 2. The molecule has 0 atom stereocenters. The summed E-state index contributed by atoms with van der Waals surface area (Å²) in [7, 11) is 0. The van der Waals surface area contributed by atoms with E-state index in [1.807, 2.05) is 0 Å². The summed E-state index contributed by atoms with van der Waals surface area (Å²) in [4.78, 5) is 0. The molecule has 0 saturated carbocycles. The zero-order chi connectivity index (χ0) is 11.7. The molecule has 0 bridgehead atoms. The van der Waals surface area contributed by atoms with Crippen molar-refractivity contribution in [1.82, 2.24) is 0 Å². The highest BCUT2D eigenvalue weighted by molar-refractivity contribution is 6.42. The molecule has 0 amide bonds. The van der Waals surface area contributed by atoms with Crippen molar-refractivity contribution >= 4 is 23.2 Å². The average molecular weight is 267 g/mol. The smallest absolute Gasteiger partial charge is 0.387 e. The van der Waals surface area contributed by atoms with Gasteiger partial charge in [-0.1, -0.05) is 23.2 Å². The molecule has 1 aromatic carbocycles. The molecule has 0 aliphatic carbocycles. The fourth-order valence-corrected chi connectivity index (χ4v) is 1.11. The highest BCUT2D eigenvalue weighted by Gasteiger charge is 2.26. The second-order valence-corrected chi connectivity index (χ2v) is 3.03. The lowest BCUT2D eigenvalue weighted by Gasteiger charge is -2.09. The first kappa shape index (κ1) is 12.3. The average Bonchev–Trinajstić information content (AvgIpc) is 2.18. The first-order chi connectivity index (χ1) is 6.86. The molecule has 0 unspecified atom stereocenters. The number of ether oxygens (including phenoxy) is 1. The maximum absolute atomic E-state index is 13.0. The van der Waals surface area contributed by atoms with E-state index in [9.17, 15) is 22.0 Å². The zero-order valence-electron chi connectivity index (χ0n) is 6.63. The van der Waals surface area contributed by atoms with Gasteiger partial charge in [-0.15, -0.1) is 0 Å². The van der Waals surface area contributed by atoms with Crippen LogP contribution in [0.4, 0.5) is 22.0 Å². The van der Waals surface area contributed by atoms with Crippen molar-refractivity contribution in [1.29, 1.82) is 0 Å². The van der Waals surface area contributed by atoms with Crippen LogP contribution in [0, 0.1) is 17.5 Å². The maximum Gasteiger partial charge on any atom is 0.387 e. The van der Waals surface area contributed by atoms with Crippen molar-refractivity contribution in [3.63, 3.8) is 0 Å². The molecule has 8 heteroatoms. The van der Waals surface area contributed by atoms with Crippen LogP contribution in [0.2, 0.25) is 10.0 Å². The Bertz CT molecular complexity index is 366. The van der Waals surface area contributed by atoms with Gasteiger partial charge in [-0.2, -0.15) is 13.2 Å². The second kappa shape index (κ2) is 4.40. The third-order valence-corrected chi connectivity index (χ3v) is 2.18. The van der Waals surface area contributed by atoms with E-state index in [-0.39, 0.29) is 0 Å². The van der Waals surface area contributed by atoms with Crippen LogP contribution in [-0.2, 0) is 0 Å². The highest BCUT2D eigenvalue weighted by atomic mass is 35.5. The van der Waals surface area contributed by atoms with Gasteiger partial charge in [-0.25, -0.2) is 8.78 Å². The first-order valence-electron chi connectivity index (χ1n) is 3.32. The number of halogens is 7. The van der Waals surface area contributed by atoms with Crippen molar-refractivity contribution in [3.8, 4) is 5.75 Å². The van der Waals surface area contributed by atoms with E-state index in [4.69, 9.17) is 23.2 Å². The predicted octanol–water partition coefficient (Wildman–Crippen LogP) is 4.01. The van der Waals surface area contributed by atoms with Gasteiger partial charge in [0.25, 0.3) is 0 Å². The van der Waals surface area contributed by atoms with Crippen LogP contribution in [0.1, 0.15) is 0 Å². The van der Waals surface area contributed by atoms with Gasteiger partial charge in [-0.05, 0) is 0 Å². The predicted molar refractivity (Wildman–Crippen MR) is 43.0 cm³/mol. The molecule has 1 rings (SSSR count). The topological polar surface area (TPSA) is 9.23 Å². The van der Waals surface area contributed by atoms with Crippen molar-refractivity contribution in [2.75, 3.05) is 0 Å². The molecule has 0 radical (unpaired) electrons. The van der Waals surface area contributed by atoms with Crippen LogP contribution in [0.25, 0.3) is 0 Å². The maximum atomic E-state index is 13.0. The molecule has 0 spiro atoms. The minimum atomic E-state index is -3.51. The summed E-state index contributed by atoms with van der Waals surface area (Å²) in [5.74, 6) is -6.99. The Hall–Kier alpha value is -0.750. The van der Waals surface area contributed by atoms with Gasteiger partial charge in [-0.3, -0.25) is 0 Å². The van der Waals surface area contributed by atoms with E-state index in [2.05, 4.69) is 4.74 Å². The molecule has 84 valence electrons. The second-order valence-electron chi connectivity index (χ2n) is 2.28. The van der Waals surface area contributed by atoms with E-state index in [1.165, 1.54) is 0 Å². The largest absolute Gasteiger partial charge is 0.428 e. The van der Waals surface area contributed by atoms with Crippen LogP contribution >= 0.6 is 23.2 Å². The van der Waals surface area contributed by atoms with Crippen molar-refractivity contribution < 1.29 is 26.7 Å². The fourth-order valence-electron chi connectivity index (χ4n) is 0.777. The quantitative estimate of drug-likeness (QED) is 0.447. The number of hydrogen-bond donors (Lipinski definition) is 0. The molecule has 0 heterocycles. The molecule has 1 aromatic rings. The van der Waals surface area contributed by atoms with Gasteiger partial charge in [0.2, 0.25) is 11.6 Å². The van der Waals surface area contributed by atoms with E-state index in [0.717, 1.165) is 0 Å². The molecule has 0 aliphatic heterocycles. The molecule has 0 aromatic heterocycles. The summed E-state index contributed by atoms with van der Waals surface area (Å²) in [6, 6.07) is 0. The van der Waals surface area contributed by atoms with Crippen molar-refractivity contribution in [2.24, 2.45) is 0 Å². The molecular weight excluding hydrogens is 266 g/mol. The molecule has 0 saturated heterocycles. The lowest BCUT2D eigenvalue weighted by atomic mass is 10.3. The number of rotatable bonds is 2. The summed E-state index contributed by atoms with van der Waals surface area (Å²) in [5, 5.41) is -2.06. The Morgan fingerprint density at radius 3 is 1.80 bits per heavy atom. The third kappa shape index (κ3) is 2.26. The summed E-state index contributed by atoms with van der Waals surface area (Å²) < 4.78 is 65.4. The minimum Gasteiger partial charge on any atom is -0.428 e. The van der Waals surface area contributed by atoms with Gasteiger partial charge in [0.05, 0.1) is 0 Å². The molecule has 1 nitrogen and oxygen atoms in total. The zero-order valence-corrected chi connectivity index (χ0v) is 8.14. The lowest BCUT2D eigenvalue weighted by Crippen LogP contribution is -2.07. The molecule has 0 aliphatic rings. The van der Waals surface area contributed by atoms with Gasteiger partial charge >= 0.3 is 6.61 Å². The van der Waals surface area contributed by atoms with E-state index < -0.39 is 39.9 Å². The van der Waals surface area contributed by atoms with Crippen LogP contribution in [-0.4, -0.2) is 6.61 Å². The minimum absolute atomic E-state index is 1.02. The number of benzene rings is 1. The highest BCUT2D eigenvalue weighted by Crippen LogP contribution is 2.37.